The summed E-state index contributed by atoms with van der Waals surface area (Å²) < 4.78 is 1.05. The zero-order chi connectivity index (χ0) is 17.5. The van der Waals surface area contributed by atoms with Gasteiger partial charge in [-0.1, -0.05) is 35.0 Å². The van der Waals surface area contributed by atoms with E-state index in [0.29, 0.717) is 6.04 Å². The van der Waals surface area contributed by atoms with Gasteiger partial charge in [0.05, 0.1) is 0 Å². The summed E-state index contributed by atoms with van der Waals surface area (Å²) in [5, 5.41) is 0. The van der Waals surface area contributed by atoms with E-state index in [4.69, 9.17) is 0 Å². The van der Waals surface area contributed by atoms with Crippen LogP contribution in [0.5, 0.6) is 0 Å². The van der Waals surface area contributed by atoms with Crippen LogP contribution in [0, 0.1) is 5.92 Å². The van der Waals surface area contributed by atoms with Gasteiger partial charge < -0.3 is 9.80 Å². The van der Waals surface area contributed by atoms with Crippen LogP contribution in [0.3, 0.4) is 0 Å². The van der Waals surface area contributed by atoms with Gasteiger partial charge in [-0.3, -0.25) is 4.79 Å². The van der Waals surface area contributed by atoms with Gasteiger partial charge in [-0.25, -0.2) is 0 Å². The van der Waals surface area contributed by atoms with Crippen molar-refractivity contribution >= 4 is 40.3 Å². The van der Waals surface area contributed by atoms with E-state index in [1.807, 2.05) is 30.3 Å². The number of likely N-dealkylation sites (N-methyl/N-ethyl adjacent to an activating group) is 1. The van der Waals surface area contributed by atoms with Crippen LogP contribution in [0.15, 0.2) is 34.8 Å². The van der Waals surface area contributed by atoms with Gasteiger partial charge >= 0.3 is 0 Å². The monoisotopic (exact) mass is 428 g/mol. The van der Waals surface area contributed by atoms with Crippen molar-refractivity contribution in [3.63, 3.8) is 0 Å². The molecule has 25 heavy (non-hydrogen) atoms. The summed E-state index contributed by atoms with van der Waals surface area (Å²) in [6, 6.07) is 8.41. The molecule has 3 nitrogen and oxygen atoms in total. The molecule has 1 aromatic rings. The molecule has 1 fully saturated rings. The first kappa shape index (κ1) is 22.2. The second kappa shape index (κ2) is 11.0. The normalized spacial score (nSPS) is 20.5. The maximum absolute atomic E-state index is 12.8. The van der Waals surface area contributed by atoms with E-state index in [1.165, 1.54) is 12.8 Å². The minimum absolute atomic E-state index is 0. The van der Waals surface area contributed by atoms with Crippen molar-refractivity contribution in [3.05, 3.63) is 40.4 Å². The van der Waals surface area contributed by atoms with Gasteiger partial charge in [0.2, 0.25) is 5.91 Å². The van der Waals surface area contributed by atoms with Gasteiger partial charge in [-0.15, -0.1) is 12.4 Å². The molecule has 0 bridgehead atoms. The highest BCUT2D eigenvalue weighted by Crippen LogP contribution is 2.27. The van der Waals surface area contributed by atoms with Crippen molar-refractivity contribution in [1.82, 2.24) is 9.80 Å². The number of carbonyl (C=O) groups excluding carboxylic acids is 1. The molecule has 1 saturated carbocycles. The van der Waals surface area contributed by atoms with E-state index < -0.39 is 0 Å². The first-order valence-electron chi connectivity index (χ1n) is 8.84. The van der Waals surface area contributed by atoms with Crippen molar-refractivity contribution in [2.75, 3.05) is 27.2 Å². The Morgan fingerprint density at radius 1 is 1.12 bits per heavy atom. The van der Waals surface area contributed by atoms with Gasteiger partial charge in [0.1, 0.15) is 0 Å². The van der Waals surface area contributed by atoms with Crippen LogP contribution < -0.4 is 0 Å². The number of hydrogen-bond acceptors (Lipinski definition) is 2. The Morgan fingerprint density at radius 3 is 2.28 bits per heavy atom. The molecule has 0 aliphatic heterocycles. The summed E-state index contributed by atoms with van der Waals surface area (Å²) in [6.07, 6.45) is 8.37. The molecule has 0 unspecified atom stereocenters. The van der Waals surface area contributed by atoms with Crippen LogP contribution in [0.2, 0.25) is 0 Å². The van der Waals surface area contributed by atoms with Crippen LogP contribution >= 0.6 is 28.3 Å². The Kier molecular flexibility index (Phi) is 9.77. The van der Waals surface area contributed by atoms with E-state index in [0.717, 1.165) is 41.9 Å². The molecule has 0 atom stereocenters. The zero-order valence-corrected chi connectivity index (χ0v) is 17.9. The van der Waals surface area contributed by atoms with Crippen LogP contribution in [-0.2, 0) is 4.79 Å². The molecule has 0 radical (unpaired) electrons. The standard InChI is InChI=1S/C20H29BrN2O.ClH/c1-16-4-11-19(12-5-16)23(15-14-22(2)3)20(24)13-8-17-6-9-18(21)10-7-17;/h6-10,13,16,19H,4-5,11-12,14-15H2,1-3H3;1H. The quantitative estimate of drug-likeness (QED) is 0.603. The topological polar surface area (TPSA) is 23.6 Å². The van der Waals surface area contributed by atoms with Gasteiger partial charge in [-0.05, 0) is 69.5 Å². The predicted octanol–water partition coefficient (Wildman–Crippen LogP) is 4.85. The highest BCUT2D eigenvalue weighted by molar-refractivity contribution is 9.10. The second-order valence-corrected chi connectivity index (χ2v) is 8.05. The predicted molar refractivity (Wildman–Crippen MR) is 112 cm³/mol. The molecule has 2 rings (SSSR count). The number of carbonyl (C=O) groups is 1. The zero-order valence-electron chi connectivity index (χ0n) is 15.5. The lowest BCUT2D eigenvalue weighted by Gasteiger charge is -2.36. The lowest BCUT2D eigenvalue weighted by molar-refractivity contribution is -0.129. The third-order valence-electron chi connectivity index (χ3n) is 4.79. The van der Waals surface area contributed by atoms with E-state index >= 15 is 0 Å². The lowest BCUT2D eigenvalue weighted by Crippen LogP contribution is -2.44. The fraction of sp³-hybridized carbons (Fsp3) is 0.550. The number of hydrogen-bond donors (Lipinski definition) is 0. The molecule has 0 heterocycles. The Bertz CT molecular complexity index is 551. The fourth-order valence-electron chi connectivity index (χ4n) is 3.17. The van der Waals surface area contributed by atoms with Crippen molar-refractivity contribution < 1.29 is 4.79 Å². The van der Waals surface area contributed by atoms with E-state index in [-0.39, 0.29) is 18.3 Å². The highest BCUT2D eigenvalue weighted by Gasteiger charge is 2.26. The number of nitrogens with zero attached hydrogens (tertiary/aromatic N) is 2. The summed E-state index contributed by atoms with van der Waals surface area (Å²) >= 11 is 3.44. The Balaban J connectivity index is 0.00000312. The van der Waals surface area contributed by atoms with Crippen molar-refractivity contribution in [1.29, 1.82) is 0 Å². The van der Waals surface area contributed by atoms with E-state index in [1.54, 1.807) is 6.08 Å². The van der Waals surface area contributed by atoms with Crippen molar-refractivity contribution in [2.45, 2.75) is 38.6 Å². The van der Waals surface area contributed by atoms with Gasteiger partial charge in [0.25, 0.3) is 0 Å². The van der Waals surface area contributed by atoms with Crippen LogP contribution in [0.1, 0.15) is 38.2 Å². The Hall–Kier alpha value is -0.840. The first-order valence-corrected chi connectivity index (χ1v) is 9.64. The molecule has 5 heteroatoms. The molecule has 1 aliphatic carbocycles. The lowest BCUT2D eigenvalue weighted by atomic mass is 9.86. The fourth-order valence-corrected chi connectivity index (χ4v) is 3.44. The summed E-state index contributed by atoms with van der Waals surface area (Å²) in [5.74, 6) is 0.935. The number of halogens is 2. The molecular weight excluding hydrogens is 400 g/mol. The number of rotatable bonds is 6. The molecule has 0 spiro atoms. The summed E-state index contributed by atoms with van der Waals surface area (Å²) in [6.45, 7) is 4.02. The molecular formula is C20H30BrClN2O. The number of amides is 1. The minimum Gasteiger partial charge on any atom is -0.335 e. The maximum Gasteiger partial charge on any atom is 0.246 e. The average Bonchev–Trinajstić information content (AvgIpc) is 2.56. The van der Waals surface area contributed by atoms with Crippen LogP contribution in [0.4, 0.5) is 0 Å². The van der Waals surface area contributed by atoms with Crippen LogP contribution in [-0.4, -0.2) is 48.9 Å². The maximum atomic E-state index is 12.8. The highest BCUT2D eigenvalue weighted by atomic mass is 79.9. The molecule has 1 aromatic carbocycles. The summed E-state index contributed by atoms with van der Waals surface area (Å²) in [4.78, 5) is 17.0. The van der Waals surface area contributed by atoms with Crippen molar-refractivity contribution in [3.8, 4) is 0 Å². The average molecular weight is 430 g/mol. The smallest absolute Gasteiger partial charge is 0.246 e. The number of benzene rings is 1. The molecule has 1 aliphatic rings. The van der Waals surface area contributed by atoms with Crippen molar-refractivity contribution in [2.24, 2.45) is 5.92 Å². The summed E-state index contributed by atoms with van der Waals surface area (Å²) in [7, 11) is 4.12. The Morgan fingerprint density at radius 2 is 1.72 bits per heavy atom. The van der Waals surface area contributed by atoms with E-state index in [9.17, 15) is 4.79 Å². The molecule has 140 valence electrons. The SMILES string of the molecule is CC1CCC(N(CCN(C)C)C(=O)C=Cc2ccc(Br)cc2)CC1.Cl. The minimum atomic E-state index is 0. The van der Waals surface area contributed by atoms with Gasteiger partial charge in [0.15, 0.2) is 0 Å². The van der Waals surface area contributed by atoms with E-state index in [2.05, 4.69) is 46.7 Å². The van der Waals surface area contributed by atoms with Gasteiger partial charge in [-0.2, -0.15) is 0 Å². The third kappa shape index (κ3) is 7.51. The third-order valence-corrected chi connectivity index (χ3v) is 5.31. The molecule has 0 N–H and O–H groups in total. The molecule has 1 amide bonds. The van der Waals surface area contributed by atoms with Gasteiger partial charge in [0, 0.05) is 29.7 Å². The second-order valence-electron chi connectivity index (χ2n) is 7.13. The first-order chi connectivity index (χ1) is 11.5. The molecule has 0 saturated heterocycles. The summed E-state index contributed by atoms with van der Waals surface area (Å²) in [5.41, 5.74) is 1.05. The largest absolute Gasteiger partial charge is 0.335 e. The van der Waals surface area contributed by atoms with Crippen LogP contribution in [0.25, 0.3) is 6.08 Å². The Labute approximate surface area is 167 Å². The molecule has 0 aromatic heterocycles.